The predicted octanol–water partition coefficient (Wildman–Crippen LogP) is 3.54. The van der Waals surface area contributed by atoms with Gasteiger partial charge in [0.1, 0.15) is 5.75 Å². The van der Waals surface area contributed by atoms with Gasteiger partial charge in [-0.25, -0.2) is 8.42 Å². The molecule has 0 saturated carbocycles. The van der Waals surface area contributed by atoms with E-state index in [1.54, 1.807) is 31.2 Å². The van der Waals surface area contributed by atoms with E-state index >= 15 is 0 Å². The Morgan fingerprint density at radius 3 is 2.18 bits per heavy atom. The molecule has 1 heterocycles. The van der Waals surface area contributed by atoms with Crippen molar-refractivity contribution >= 4 is 27.3 Å². The number of hydrogen-bond donors (Lipinski definition) is 0. The molecule has 1 aliphatic rings. The van der Waals surface area contributed by atoms with Gasteiger partial charge in [0.25, 0.3) is 10.0 Å². The third-order valence-electron chi connectivity index (χ3n) is 4.27. The number of carbonyl (C=O) groups excluding carboxylic acids is 1. The summed E-state index contributed by atoms with van der Waals surface area (Å²) >= 11 is 0. The van der Waals surface area contributed by atoms with E-state index in [4.69, 9.17) is 0 Å². The molecule has 2 aromatic rings. The van der Waals surface area contributed by atoms with Gasteiger partial charge in [-0.3, -0.25) is 9.10 Å². The summed E-state index contributed by atoms with van der Waals surface area (Å²) in [5, 5.41) is 0. The van der Waals surface area contributed by atoms with Crippen LogP contribution >= 0.6 is 0 Å². The molecule has 150 valence electrons. The Hall–Kier alpha value is -2.75. The van der Waals surface area contributed by atoms with Crippen molar-refractivity contribution < 1.29 is 31.1 Å². The summed E-state index contributed by atoms with van der Waals surface area (Å²) in [6.07, 6.45) is -4.86. The lowest BCUT2D eigenvalue weighted by atomic mass is 10.1. The highest BCUT2D eigenvalue weighted by molar-refractivity contribution is 7.92. The quantitative estimate of drug-likeness (QED) is 0.771. The number of anilines is 2. The Balaban J connectivity index is 2.00. The predicted molar refractivity (Wildman–Crippen MR) is 96.7 cm³/mol. The largest absolute Gasteiger partial charge is 0.573 e. The number of sulfonamides is 1. The van der Waals surface area contributed by atoms with Crippen molar-refractivity contribution in [3.05, 3.63) is 48.5 Å². The van der Waals surface area contributed by atoms with Crippen molar-refractivity contribution in [3.8, 4) is 5.75 Å². The molecule has 0 fully saturated rings. The first-order valence-corrected chi connectivity index (χ1v) is 9.72. The Morgan fingerprint density at radius 2 is 1.64 bits per heavy atom. The minimum absolute atomic E-state index is 0.0136. The summed E-state index contributed by atoms with van der Waals surface area (Å²) in [4.78, 5) is 13.3. The molecule has 0 N–H and O–H groups in total. The maximum Gasteiger partial charge on any atom is 0.573 e. The zero-order valence-electron chi connectivity index (χ0n) is 15.0. The molecule has 10 heteroatoms. The number of para-hydroxylation sites is 2. The van der Waals surface area contributed by atoms with Crippen LogP contribution in [-0.4, -0.2) is 33.3 Å². The van der Waals surface area contributed by atoms with E-state index in [-0.39, 0.29) is 17.3 Å². The fraction of sp³-hybridized carbons (Fsp3) is 0.278. The number of carbonyl (C=O) groups is 1. The first kappa shape index (κ1) is 20.0. The van der Waals surface area contributed by atoms with Crippen LogP contribution < -0.4 is 13.9 Å². The zero-order valence-corrected chi connectivity index (χ0v) is 15.8. The van der Waals surface area contributed by atoms with E-state index in [1.165, 1.54) is 11.8 Å². The van der Waals surface area contributed by atoms with Gasteiger partial charge in [0.2, 0.25) is 5.91 Å². The lowest BCUT2D eigenvalue weighted by molar-refractivity contribution is -0.274. The van der Waals surface area contributed by atoms with Crippen LogP contribution in [0.15, 0.2) is 53.4 Å². The lowest BCUT2D eigenvalue weighted by Gasteiger charge is -2.40. The van der Waals surface area contributed by atoms with Gasteiger partial charge in [-0.2, -0.15) is 0 Å². The molecule has 1 amide bonds. The van der Waals surface area contributed by atoms with E-state index < -0.39 is 28.2 Å². The molecule has 3 rings (SSSR count). The monoisotopic (exact) mass is 414 g/mol. The van der Waals surface area contributed by atoms with Crippen molar-refractivity contribution in [3.63, 3.8) is 0 Å². The second-order valence-corrected chi connectivity index (χ2v) is 8.14. The van der Waals surface area contributed by atoms with Gasteiger partial charge in [0, 0.05) is 6.92 Å². The van der Waals surface area contributed by atoms with Gasteiger partial charge < -0.3 is 9.64 Å². The number of amides is 1. The Morgan fingerprint density at radius 1 is 1.07 bits per heavy atom. The molecule has 0 unspecified atom stereocenters. The molecule has 0 saturated heterocycles. The minimum Gasteiger partial charge on any atom is -0.406 e. The number of benzene rings is 2. The molecule has 6 nitrogen and oxygen atoms in total. The van der Waals surface area contributed by atoms with Gasteiger partial charge in [0.15, 0.2) is 0 Å². The third-order valence-corrected chi connectivity index (χ3v) is 6.06. The van der Waals surface area contributed by atoms with E-state index in [9.17, 15) is 26.4 Å². The molecular formula is C18H17F3N2O4S. The molecular weight excluding hydrogens is 397 g/mol. The topological polar surface area (TPSA) is 66.9 Å². The van der Waals surface area contributed by atoms with Gasteiger partial charge in [-0.05, 0) is 43.3 Å². The summed E-state index contributed by atoms with van der Waals surface area (Å²) < 4.78 is 68.1. The van der Waals surface area contributed by atoms with E-state index in [1.807, 2.05) is 0 Å². The summed E-state index contributed by atoms with van der Waals surface area (Å²) in [6, 6.07) is 10.2. The van der Waals surface area contributed by atoms with Crippen LogP contribution in [0, 0.1) is 0 Å². The highest BCUT2D eigenvalue weighted by atomic mass is 32.2. The highest BCUT2D eigenvalue weighted by Crippen LogP contribution is 2.38. The maximum absolute atomic E-state index is 13.1. The van der Waals surface area contributed by atoms with Crippen molar-refractivity contribution in [2.75, 3.05) is 15.7 Å². The molecule has 0 bridgehead atoms. The molecule has 0 spiro atoms. The van der Waals surface area contributed by atoms with E-state index in [0.29, 0.717) is 11.4 Å². The second kappa shape index (κ2) is 7.01. The fourth-order valence-electron chi connectivity index (χ4n) is 3.18. The summed E-state index contributed by atoms with van der Waals surface area (Å²) in [5.74, 6) is -0.729. The van der Waals surface area contributed by atoms with E-state index in [0.717, 1.165) is 28.6 Å². The molecule has 28 heavy (non-hydrogen) atoms. The molecule has 0 aliphatic carbocycles. The van der Waals surface area contributed by atoms with Crippen LogP contribution in [0.3, 0.4) is 0 Å². The molecule has 0 aromatic heterocycles. The molecule has 2 aromatic carbocycles. The van der Waals surface area contributed by atoms with Gasteiger partial charge >= 0.3 is 6.36 Å². The molecule has 0 radical (unpaired) electrons. The normalized spacial score (nSPS) is 17.2. The first-order valence-electron chi connectivity index (χ1n) is 8.28. The Bertz CT molecular complexity index is 991. The number of rotatable bonds is 3. The smallest absolute Gasteiger partial charge is 0.406 e. The lowest BCUT2D eigenvalue weighted by Crippen LogP contribution is -2.51. The minimum atomic E-state index is -4.86. The SMILES string of the molecule is CC(=O)N1c2ccccc2N(S(=O)(=O)c2ccc(OC(F)(F)F)cc2)C[C@@H]1C. The molecule has 1 aliphatic heterocycles. The number of hydrogen-bond acceptors (Lipinski definition) is 4. The van der Waals surface area contributed by atoms with Gasteiger partial charge in [-0.15, -0.1) is 13.2 Å². The number of nitrogens with zero attached hydrogens (tertiary/aromatic N) is 2. The van der Waals surface area contributed by atoms with Crippen LogP contribution in [0.5, 0.6) is 5.75 Å². The van der Waals surface area contributed by atoms with Gasteiger partial charge in [-0.1, -0.05) is 12.1 Å². The highest BCUT2D eigenvalue weighted by Gasteiger charge is 2.37. The standard InChI is InChI=1S/C18H17F3N2O4S/c1-12-11-22(16-5-3-4-6-17(16)23(12)13(2)24)28(25,26)15-9-7-14(8-10-15)27-18(19,20)21/h3-10,12H,11H2,1-2H3/t12-/m0/s1. The average molecular weight is 414 g/mol. The van der Waals surface area contributed by atoms with Crippen molar-refractivity contribution in [1.82, 2.24) is 0 Å². The summed E-state index contributed by atoms with van der Waals surface area (Å²) in [5.41, 5.74) is 0.778. The van der Waals surface area contributed by atoms with Crippen LogP contribution in [0.2, 0.25) is 0 Å². The number of alkyl halides is 3. The van der Waals surface area contributed by atoms with Crippen LogP contribution in [0.1, 0.15) is 13.8 Å². The third kappa shape index (κ3) is 3.77. The van der Waals surface area contributed by atoms with Crippen molar-refractivity contribution in [2.45, 2.75) is 31.1 Å². The van der Waals surface area contributed by atoms with Crippen molar-refractivity contribution in [1.29, 1.82) is 0 Å². The molecule has 1 atom stereocenters. The number of ether oxygens (including phenoxy) is 1. The number of halogens is 3. The average Bonchev–Trinajstić information content (AvgIpc) is 2.59. The van der Waals surface area contributed by atoms with Crippen LogP contribution in [0.4, 0.5) is 24.5 Å². The van der Waals surface area contributed by atoms with Crippen molar-refractivity contribution in [2.24, 2.45) is 0 Å². The fourth-order valence-corrected chi connectivity index (χ4v) is 4.74. The van der Waals surface area contributed by atoms with Gasteiger partial charge in [0.05, 0.1) is 28.9 Å². The number of fused-ring (bicyclic) bond motifs is 1. The zero-order chi connectivity index (χ0) is 20.7. The summed E-state index contributed by atoms with van der Waals surface area (Å²) in [6.45, 7) is 3.14. The van der Waals surface area contributed by atoms with Crippen LogP contribution in [-0.2, 0) is 14.8 Å². The maximum atomic E-state index is 13.1. The summed E-state index contributed by atoms with van der Waals surface area (Å²) in [7, 11) is -4.06. The Labute approximate surface area is 160 Å². The first-order chi connectivity index (χ1) is 13.0. The van der Waals surface area contributed by atoms with Crippen LogP contribution in [0.25, 0.3) is 0 Å². The second-order valence-electron chi connectivity index (χ2n) is 6.28. The Kier molecular flexibility index (Phi) is 5.00. The van der Waals surface area contributed by atoms with E-state index in [2.05, 4.69) is 4.74 Å².